The monoisotopic (exact) mass is 281 g/mol. The smallest absolute Gasteiger partial charge is 0.407 e. The van der Waals surface area contributed by atoms with Crippen LogP contribution in [0.4, 0.5) is 4.79 Å². The molecule has 110 valence electrons. The van der Waals surface area contributed by atoms with Crippen molar-refractivity contribution in [1.29, 1.82) is 0 Å². The summed E-state index contributed by atoms with van der Waals surface area (Å²) in [5.74, 6) is 0.359. The van der Waals surface area contributed by atoms with Crippen molar-refractivity contribution in [2.75, 3.05) is 14.2 Å². The van der Waals surface area contributed by atoms with Gasteiger partial charge in [-0.15, -0.1) is 0 Å². The predicted octanol–water partition coefficient (Wildman–Crippen LogP) is 1.87. The van der Waals surface area contributed by atoms with E-state index in [9.17, 15) is 9.59 Å². The second kappa shape index (κ2) is 8.04. The lowest BCUT2D eigenvalue weighted by atomic mass is 10.2. The van der Waals surface area contributed by atoms with Gasteiger partial charge in [-0.2, -0.15) is 0 Å². The molecular weight excluding hydrogens is 262 g/mol. The number of nitrogens with one attached hydrogen (secondary N) is 1. The number of esters is 1. The number of alkyl carbamates (subject to hydrolysis) is 1. The van der Waals surface area contributed by atoms with Gasteiger partial charge in [0, 0.05) is 6.04 Å². The van der Waals surface area contributed by atoms with Gasteiger partial charge in [-0.25, -0.2) is 4.79 Å². The summed E-state index contributed by atoms with van der Waals surface area (Å²) in [4.78, 5) is 22.5. The molecule has 1 N–H and O–H groups in total. The molecule has 0 aliphatic heterocycles. The standard InChI is InChI=1S/C14H19NO5/c1-10(8-13(16)19-3)15-14(17)20-9-11-4-6-12(18-2)7-5-11/h4-7,10H,8-9H2,1-3H3,(H,15,17). The minimum absolute atomic E-state index is 0.105. The normalized spacial score (nSPS) is 11.3. The van der Waals surface area contributed by atoms with E-state index in [1.807, 2.05) is 12.1 Å². The lowest BCUT2D eigenvalue weighted by Gasteiger charge is -2.12. The van der Waals surface area contributed by atoms with Crippen molar-refractivity contribution in [3.05, 3.63) is 29.8 Å². The van der Waals surface area contributed by atoms with Gasteiger partial charge in [0.1, 0.15) is 12.4 Å². The summed E-state index contributed by atoms with van der Waals surface area (Å²) in [5, 5.41) is 2.55. The number of hydrogen-bond acceptors (Lipinski definition) is 5. The van der Waals surface area contributed by atoms with Crippen molar-refractivity contribution in [2.24, 2.45) is 0 Å². The molecule has 0 radical (unpaired) electrons. The molecule has 0 bridgehead atoms. The molecule has 1 aromatic rings. The number of ether oxygens (including phenoxy) is 3. The highest BCUT2D eigenvalue weighted by atomic mass is 16.5. The molecule has 1 atom stereocenters. The van der Waals surface area contributed by atoms with E-state index in [0.717, 1.165) is 11.3 Å². The van der Waals surface area contributed by atoms with Crippen LogP contribution >= 0.6 is 0 Å². The van der Waals surface area contributed by atoms with Gasteiger partial charge in [0.2, 0.25) is 0 Å². The van der Waals surface area contributed by atoms with E-state index in [1.54, 1.807) is 26.2 Å². The number of hydrogen-bond donors (Lipinski definition) is 1. The van der Waals surface area contributed by atoms with Crippen LogP contribution in [0, 0.1) is 0 Å². The highest BCUT2D eigenvalue weighted by Crippen LogP contribution is 2.11. The molecule has 1 unspecified atom stereocenters. The number of carbonyl (C=O) groups excluding carboxylic acids is 2. The SMILES string of the molecule is COC(=O)CC(C)NC(=O)OCc1ccc(OC)cc1. The van der Waals surface area contributed by atoms with Crippen LogP contribution in [-0.2, 0) is 20.9 Å². The van der Waals surface area contributed by atoms with Crippen molar-refractivity contribution in [2.45, 2.75) is 26.0 Å². The molecule has 0 saturated carbocycles. The first-order valence-corrected chi connectivity index (χ1v) is 6.18. The Hall–Kier alpha value is -2.24. The number of benzene rings is 1. The molecule has 0 saturated heterocycles. The summed E-state index contributed by atoms with van der Waals surface area (Å²) < 4.78 is 14.6. The van der Waals surface area contributed by atoms with Crippen molar-refractivity contribution >= 4 is 12.1 Å². The van der Waals surface area contributed by atoms with E-state index in [2.05, 4.69) is 10.1 Å². The topological polar surface area (TPSA) is 73.9 Å². The average Bonchev–Trinajstić information content (AvgIpc) is 2.45. The summed E-state index contributed by atoms with van der Waals surface area (Å²) in [6.07, 6.45) is -0.467. The van der Waals surface area contributed by atoms with E-state index in [1.165, 1.54) is 7.11 Å². The largest absolute Gasteiger partial charge is 0.497 e. The molecule has 0 fully saturated rings. The molecule has 0 spiro atoms. The van der Waals surface area contributed by atoms with Crippen molar-refractivity contribution in [3.63, 3.8) is 0 Å². The molecule has 1 aromatic carbocycles. The van der Waals surface area contributed by atoms with Gasteiger partial charge in [0.25, 0.3) is 0 Å². The molecule has 1 rings (SSSR count). The van der Waals surface area contributed by atoms with Crippen LogP contribution < -0.4 is 10.1 Å². The minimum Gasteiger partial charge on any atom is -0.497 e. The third-order valence-corrected chi connectivity index (χ3v) is 2.59. The fourth-order valence-electron chi connectivity index (χ4n) is 1.50. The van der Waals surface area contributed by atoms with Gasteiger partial charge in [-0.1, -0.05) is 12.1 Å². The summed E-state index contributed by atoms with van der Waals surface area (Å²) in [6, 6.07) is 6.85. The Balaban J connectivity index is 2.33. The Labute approximate surface area is 118 Å². The van der Waals surface area contributed by atoms with Crippen molar-refractivity contribution in [1.82, 2.24) is 5.32 Å². The zero-order valence-electron chi connectivity index (χ0n) is 11.8. The Kier molecular flexibility index (Phi) is 6.36. The number of methoxy groups -OCH3 is 2. The Bertz CT molecular complexity index is 443. The molecule has 0 aliphatic carbocycles. The molecule has 1 amide bonds. The van der Waals surface area contributed by atoms with Crippen LogP contribution in [0.25, 0.3) is 0 Å². The first kappa shape index (κ1) is 15.8. The van der Waals surface area contributed by atoms with E-state index >= 15 is 0 Å². The average molecular weight is 281 g/mol. The lowest BCUT2D eigenvalue weighted by Crippen LogP contribution is -2.34. The number of amides is 1. The second-order valence-electron chi connectivity index (χ2n) is 4.25. The summed E-state index contributed by atoms with van der Waals surface area (Å²) >= 11 is 0. The van der Waals surface area contributed by atoms with E-state index in [4.69, 9.17) is 9.47 Å². The third-order valence-electron chi connectivity index (χ3n) is 2.59. The molecule has 0 heterocycles. The minimum atomic E-state index is -0.572. The Morgan fingerprint density at radius 1 is 1.20 bits per heavy atom. The summed E-state index contributed by atoms with van der Waals surface area (Å²) in [7, 11) is 2.89. The maximum absolute atomic E-state index is 11.5. The van der Waals surface area contributed by atoms with E-state index < -0.39 is 6.09 Å². The van der Waals surface area contributed by atoms with Crippen LogP contribution in [0.1, 0.15) is 18.9 Å². The van der Waals surface area contributed by atoms with Gasteiger partial charge in [-0.3, -0.25) is 4.79 Å². The second-order valence-corrected chi connectivity index (χ2v) is 4.25. The van der Waals surface area contributed by atoms with Crippen molar-refractivity contribution in [3.8, 4) is 5.75 Å². The molecule has 0 aromatic heterocycles. The fourth-order valence-corrected chi connectivity index (χ4v) is 1.50. The lowest BCUT2D eigenvalue weighted by molar-refractivity contribution is -0.141. The Morgan fingerprint density at radius 2 is 1.85 bits per heavy atom. The van der Waals surface area contributed by atoms with Crippen LogP contribution in [0.2, 0.25) is 0 Å². The maximum atomic E-state index is 11.5. The number of rotatable bonds is 6. The predicted molar refractivity (Wildman–Crippen MR) is 72.4 cm³/mol. The third kappa shape index (κ3) is 5.60. The van der Waals surface area contributed by atoms with Crippen LogP contribution in [0.5, 0.6) is 5.75 Å². The highest BCUT2D eigenvalue weighted by Gasteiger charge is 2.12. The van der Waals surface area contributed by atoms with E-state index in [-0.39, 0.29) is 25.0 Å². The van der Waals surface area contributed by atoms with Crippen LogP contribution in [0.3, 0.4) is 0 Å². The van der Waals surface area contributed by atoms with Gasteiger partial charge in [0.15, 0.2) is 0 Å². The molecule has 6 heteroatoms. The fraction of sp³-hybridized carbons (Fsp3) is 0.429. The number of carbonyl (C=O) groups is 2. The van der Waals surface area contributed by atoms with Gasteiger partial charge in [-0.05, 0) is 24.6 Å². The zero-order valence-corrected chi connectivity index (χ0v) is 11.8. The Morgan fingerprint density at radius 3 is 2.40 bits per heavy atom. The first-order chi connectivity index (χ1) is 9.55. The van der Waals surface area contributed by atoms with Crippen LogP contribution in [-0.4, -0.2) is 32.3 Å². The molecule has 6 nitrogen and oxygen atoms in total. The van der Waals surface area contributed by atoms with E-state index in [0.29, 0.717) is 0 Å². The maximum Gasteiger partial charge on any atom is 0.407 e. The zero-order chi connectivity index (χ0) is 15.0. The molecular formula is C14H19NO5. The van der Waals surface area contributed by atoms with Crippen LogP contribution in [0.15, 0.2) is 24.3 Å². The molecule has 20 heavy (non-hydrogen) atoms. The molecule has 0 aliphatic rings. The van der Waals surface area contributed by atoms with Gasteiger partial charge < -0.3 is 19.5 Å². The van der Waals surface area contributed by atoms with Crippen molar-refractivity contribution < 1.29 is 23.8 Å². The summed E-state index contributed by atoms with van der Waals surface area (Å²) in [6.45, 7) is 1.85. The summed E-state index contributed by atoms with van der Waals surface area (Å²) in [5.41, 5.74) is 0.849. The quantitative estimate of drug-likeness (QED) is 0.806. The van der Waals surface area contributed by atoms with Gasteiger partial charge >= 0.3 is 12.1 Å². The van der Waals surface area contributed by atoms with Gasteiger partial charge in [0.05, 0.1) is 20.6 Å². The highest BCUT2D eigenvalue weighted by molar-refractivity contribution is 5.72. The first-order valence-electron chi connectivity index (χ1n) is 6.18.